The van der Waals surface area contributed by atoms with Crippen LogP contribution in [0.25, 0.3) is 22.8 Å². The fraction of sp³-hybridized carbons (Fsp3) is 0. The number of halogens is 1. The van der Waals surface area contributed by atoms with Crippen LogP contribution in [0.1, 0.15) is 0 Å². The molecular formula is C20H14ClN3Se. The first-order chi connectivity index (χ1) is 12.2. The molecule has 3 nitrogen and oxygen atoms in total. The zero-order chi connectivity index (χ0) is 17.2. The monoisotopic (exact) mass is 411 g/mol. The third-order valence-electron chi connectivity index (χ3n) is 3.91. The first-order valence-electron chi connectivity index (χ1n) is 7.83. The van der Waals surface area contributed by atoms with E-state index >= 15 is 0 Å². The van der Waals surface area contributed by atoms with Crippen molar-refractivity contribution in [3.05, 3.63) is 90.0 Å². The van der Waals surface area contributed by atoms with Gasteiger partial charge in [0, 0.05) is 0 Å². The van der Waals surface area contributed by atoms with Crippen LogP contribution in [0.15, 0.2) is 84.9 Å². The molecule has 1 aromatic heterocycles. The maximum absolute atomic E-state index is 6.08. The average molecular weight is 411 g/mol. The van der Waals surface area contributed by atoms with Crippen LogP contribution >= 0.6 is 11.6 Å². The van der Waals surface area contributed by atoms with Crippen LogP contribution in [0.2, 0.25) is 5.02 Å². The molecular weight excluding hydrogens is 397 g/mol. The second-order valence-electron chi connectivity index (χ2n) is 5.53. The Morgan fingerprint density at radius 3 is 2.04 bits per heavy atom. The molecule has 0 amide bonds. The Hall–Kier alpha value is -2.39. The summed E-state index contributed by atoms with van der Waals surface area (Å²) in [4.78, 5) is 0. The fourth-order valence-corrected chi connectivity index (χ4v) is 3.47. The molecule has 0 spiro atoms. The van der Waals surface area contributed by atoms with E-state index in [1.54, 1.807) is 0 Å². The number of aromatic nitrogens is 3. The zero-order valence-electron chi connectivity index (χ0n) is 13.2. The summed E-state index contributed by atoms with van der Waals surface area (Å²) < 4.78 is 4.85. The summed E-state index contributed by atoms with van der Waals surface area (Å²) in [5, 5.41) is 5.46. The third-order valence-corrected chi connectivity index (χ3v) is 4.71. The van der Waals surface area contributed by atoms with Gasteiger partial charge >= 0.3 is 159 Å². The van der Waals surface area contributed by atoms with Crippen molar-refractivity contribution in [1.29, 1.82) is 0 Å². The molecule has 0 unspecified atom stereocenters. The van der Waals surface area contributed by atoms with Gasteiger partial charge in [0.2, 0.25) is 0 Å². The van der Waals surface area contributed by atoms with Gasteiger partial charge in [-0.25, -0.2) is 0 Å². The number of para-hydroxylation sites is 2. The van der Waals surface area contributed by atoms with E-state index in [1.807, 2.05) is 77.5 Å². The molecule has 0 bridgehead atoms. The topological polar surface area (TPSA) is 21.7 Å². The van der Waals surface area contributed by atoms with Crippen molar-refractivity contribution in [2.45, 2.75) is 0 Å². The normalized spacial score (nSPS) is 10.8. The Kier molecular flexibility index (Phi) is 4.41. The molecule has 0 atom stereocenters. The van der Waals surface area contributed by atoms with E-state index in [9.17, 15) is 0 Å². The Labute approximate surface area is 159 Å². The maximum atomic E-state index is 6.08. The van der Waals surface area contributed by atoms with Crippen molar-refractivity contribution in [2.75, 3.05) is 0 Å². The van der Waals surface area contributed by atoms with E-state index in [-0.39, 0.29) is 0 Å². The molecule has 0 fully saturated rings. The van der Waals surface area contributed by atoms with Gasteiger partial charge in [-0.1, -0.05) is 0 Å². The predicted octanol–water partition coefficient (Wildman–Crippen LogP) is 3.26. The second-order valence-corrected chi connectivity index (χ2v) is 6.73. The number of rotatable bonds is 3. The van der Waals surface area contributed by atoms with E-state index in [0.717, 1.165) is 27.5 Å². The van der Waals surface area contributed by atoms with Gasteiger partial charge in [0.05, 0.1) is 0 Å². The molecule has 4 aromatic rings. The van der Waals surface area contributed by atoms with Crippen LogP contribution in [-0.2, 0) is 0 Å². The van der Waals surface area contributed by atoms with Crippen molar-refractivity contribution < 1.29 is 4.57 Å². The first kappa shape index (κ1) is 16.1. The summed E-state index contributed by atoms with van der Waals surface area (Å²) in [5.41, 5.74) is 3.08. The van der Waals surface area contributed by atoms with Crippen LogP contribution < -0.4 is 9.29 Å². The van der Waals surface area contributed by atoms with Crippen molar-refractivity contribution in [3.63, 3.8) is 0 Å². The molecule has 0 saturated heterocycles. The molecule has 122 valence electrons. The van der Waals surface area contributed by atoms with Crippen LogP contribution in [0.5, 0.6) is 0 Å². The van der Waals surface area contributed by atoms with Gasteiger partial charge in [0.15, 0.2) is 0 Å². The molecule has 4 rings (SSSR count). The summed E-state index contributed by atoms with van der Waals surface area (Å²) in [7, 11) is 0. The quantitative estimate of drug-likeness (QED) is 0.375. The van der Waals surface area contributed by atoms with Gasteiger partial charge in [-0.2, -0.15) is 0 Å². The van der Waals surface area contributed by atoms with Gasteiger partial charge in [-0.15, -0.1) is 0 Å². The molecule has 0 N–H and O–H groups in total. The van der Waals surface area contributed by atoms with Gasteiger partial charge in [-0.3, -0.25) is 0 Å². The predicted molar refractivity (Wildman–Crippen MR) is 101 cm³/mol. The van der Waals surface area contributed by atoms with E-state index < -0.39 is 0 Å². The van der Waals surface area contributed by atoms with E-state index in [0.29, 0.717) is 5.02 Å². The number of nitrogens with zero attached hydrogens (tertiary/aromatic N) is 3. The minimum absolute atomic E-state index is 0.712. The summed E-state index contributed by atoms with van der Waals surface area (Å²) in [6, 6.07) is 28.1. The van der Waals surface area contributed by atoms with Crippen LogP contribution in [0.4, 0.5) is 0 Å². The van der Waals surface area contributed by atoms with E-state index in [2.05, 4.69) is 32.7 Å². The van der Waals surface area contributed by atoms with Crippen molar-refractivity contribution in [2.24, 2.45) is 0 Å². The SMILES string of the molecule is Clc1ccc(-c2n(-c3ccccc3)nc([Se-])[n+]2-c2ccccc2)cc1. The van der Waals surface area contributed by atoms with Gasteiger partial charge in [0.25, 0.3) is 0 Å². The van der Waals surface area contributed by atoms with Crippen LogP contribution in [0, 0.1) is 0 Å². The van der Waals surface area contributed by atoms with E-state index in [1.165, 1.54) is 0 Å². The van der Waals surface area contributed by atoms with Crippen molar-refractivity contribution >= 4 is 32.3 Å². The van der Waals surface area contributed by atoms with E-state index in [4.69, 9.17) is 16.7 Å². The van der Waals surface area contributed by atoms with Crippen LogP contribution in [0.3, 0.4) is 0 Å². The summed E-state index contributed by atoms with van der Waals surface area (Å²) in [6.45, 7) is 0. The second kappa shape index (κ2) is 6.85. The molecule has 0 radical (unpaired) electrons. The molecule has 0 aliphatic carbocycles. The van der Waals surface area contributed by atoms with Gasteiger partial charge < -0.3 is 0 Å². The Balaban J connectivity index is 2.02. The van der Waals surface area contributed by atoms with Crippen LogP contribution in [-0.4, -0.2) is 25.8 Å². The van der Waals surface area contributed by atoms with Crippen molar-refractivity contribution in [3.8, 4) is 22.8 Å². The van der Waals surface area contributed by atoms with Gasteiger partial charge in [-0.05, 0) is 0 Å². The molecule has 5 heteroatoms. The Morgan fingerprint density at radius 2 is 1.40 bits per heavy atom. The first-order valence-corrected chi connectivity index (χ1v) is 9.06. The number of benzene rings is 3. The molecule has 1 heterocycles. The molecule has 0 aliphatic rings. The zero-order valence-corrected chi connectivity index (χ0v) is 15.7. The molecule has 0 aliphatic heterocycles. The van der Waals surface area contributed by atoms with Gasteiger partial charge in [0.1, 0.15) is 0 Å². The molecule has 0 saturated carbocycles. The number of hydrogen-bond donors (Lipinski definition) is 0. The number of hydrogen-bond acceptors (Lipinski definition) is 1. The Bertz CT molecular complexity index is 997. The average Bonchev–Trinajstić information content (AvgIpc) is 3.01. The standard InChI is InChI=1S/C20H14ClN3Se/c21-16-13-11-15(12-14-16)19-23(17-7-3-1-4-8-17)20(25)22-24(19)18-9-5-2-6-10-18/h1-14H. The molecule has 3 aromatic carbocycles. The Morgan fingerprint density at radius 1 is 0.800 bits per heavy atom. The summed E-state index contributed by atoms with van der Waals surface area (Å²) in [6.07, 6.45) is 0. The molecule has 25 heavy (non-hydrogen) atoms. The summed E-state index contributed by atoms with van der Waals surface area (Å²) in [5.74, 6) is 0.961. The minimum atomic E-state index is 0.712. The third kappa shape index (κ3) is 3.12. The fourth-order valence-electron chi connectivity index (χ4n) is 2.77. The van der Waals surface area contributed by atoms with Crippen molar-refractivity contribution in [1.82, 2.24) is 9.78 Å². The summed E-state index contributed by atoms with van der Waals surface area (Å²) >= 11 is 9.17.